The number of H-pyrrole nitrogens is 1. The highest BCUT2D eigenvalue weighted by molar-refractivity contribution is 9.10. The lowest BCUT2D eigenvalue weighted by Crippen LogP contribution is -2.18. The Morgan fingerprint density at radius 1 is 1.13 bits per heavy atom. The number of nitrogen functional groups attached to an aromatic ring is 1. The van der Waals surface area contributed by atoms with Gasteiger partial charge in [0.1, 0.15) is 11.4 Å². The van der Waals surface area contributed by atoms with Gasteiger partial charge in [0.05, 0.1) is 23.2 Å². The van der Waals surface area contributed by atoms with Crippen molar-refractivity contribution in [3.63, 3.8) is 0 Å². The molecule has 0 saturated heterocycles. The molecule has 0 bridgehead atoms. The van der Waals surface area contributed by atoms with E-state index < -0.39 is 11.7 Å². The molecule has 7 N–H and O–H groups in total. The summed E-state index contributed by atoms with van der Waals surface area (Å²) in [5, 5.41) is 0.747. The highest BCUT2D eigenvalue weighted by atomic mass is 79.9. The topological polar surface area (TPSA) is 189 Å². The van der Waals surface area contributed by atoms with Crippen molar-refractivity contribution in [1.82, 2.24) is 15.0 Å². The molecule has 0 unspecified atom stereocenters. The number of hydrogen-bond donors (Lipinski definition) is 4. The molecule has 0 saturated carbocycles. The number of nitrogens with zero attached hydrogens (tertiary/aromatic N) is 2. The molecule has 11 nitrogen and oxygen atoms in total. The number of carbonyl (C=O) groups is 2. The highest BCUT2D eigenvalue weighted by Crippen LogP contribution is 2.29. The number of nitrogens with one attached hydrogen (secondary N) is 1. The summed E-state index contributed by atoms with van der Waals surface area (Å²) in [6.07, 6.45) is 2.17. The smallest absolute Gasteiger partial charge is 0.346 e. The van der Waals surface area contributed by atoms with Gasteiger partial charge < -0.3 is 26.7 Å². The van der Waals surface area contributed by atoms with E-state index in [1.54, 1.807) is 25.3 Å². The molecule has 2 aromatic heterocycles. The summed E-state index contributed by atoms with van der Waals surface area (Å²) in [6, 6.07) is 4.18. The van der Waals surface area contributed by atoms with Crippen molar-refractivity contribution >= 4 is 60.9 Å². The first-order valence-corrected chi connectivity index (χ1v) is 9.44. The number of pyridine rings is 1. The Morgan fingerprint density at radius 2 is 1.77 bits per heavy atom. The number of amides is 2. The Bertz CT molecular complexity index is 1100. The van der Waals surface area contributed by atoms with Crippen molar-refractivity contribution in [3.05, 3.63) is 49.4 Å². The molecule has 0 radical (unpaired) electrons. The average Bonchev–Trinajstić information content (AvgIpc) is 2.69. The lowest BCUT2D eigenvalue weighted by Gasteiger charge is -2.05. The first kappa shape index (κ1) is 24.8. The van der Waals surface area contributed by atoms with Gasteiger partial charge in [0, 0.05) is 28.9 Å². The van der Waals surface area contributed by atoms with Gasteiger partial charge in [-0.05, 0) is 44.0 Å². The van der Waals surface area contributed by atoms with Crippen LogP contribution < -0.4 is 32.4 Å². The van der Waals surface area contributed by atoms with Crippen molar-refractivity contribution < 1.29 is 19.1 Å². The van der Waals surface area contributed by atoms with Gasteiger partial charge in [-0.15, -0.1) is 0 Å². The molecule has 0 aliphatic heterocycles. The van der Waals surface area contributed by atoms with Gasteiger partial charge in [0.25, 0.3) is 0 Å². The third-order valence-corrected chi connectivity index (χ3v) is 4.39. The molecular formula is C17H18Br2N6O5. The van der Waals surface area contributed by atoms with Crippen molar-refractivity contribution in [2.45, 2.75) is 0 Å². The molecule has 0 aliphatic rings. The number of hydrogen-bond acceptors (Lipinski definition) is 8. The molecule has 2 amide bonds. The predicted molar refractivity (Wildman–Crippen MR) is 119 cm³/mol. The molecule has 0 aliphatic carbocycles. The van der Waals surface area contributed by atoms with Crippen LogP contribution in [0.25, 0.3) is 11.0 Å². The second-order valence-corrected chi connectivity index (χ2v) is 6.95. The van der Waals surface area contributed by atoms with Gasteiger partial charge in [-0.2, -0.15) is 4.98 Å². The number of methoxy groups -OCH3 is 2. The van der Waals surface area contributed by atoms with Gasteiger partial charge in [-0.3, -0.25) is 9.78 Å². The van der Waals surface area contributed by atoms with E-state index >= 15 is 0 Å². The zero-order valence-electron chi connectivity index (χ0n) is 15.8. The first-order valence-electron chi connectivity index (χ1n) is 7.85. The number of nitrogens with two attached hydrogens (primary N) is 3. The minimum atomic E-state index is -0.833. The predicted octanol–water partition coefficient (Wildman–Crippen LogP) is 1.97. The van der Waals surface area contributed by atoms with Crippen LogP contribution >= 0.6 is 31.9 Å². The Balaban J connectivity index is 0.000000258. The van der Waals surface area contributed by atoms with E-state index in [-0.39, 0.29) is 0 Å². The number of urea groups is 1. The van der Waals surface area contributed by atoms with Crippen molar-refractivity contribution in [2.24, 2.45) is 11.5 Å². The SMILES string of the molecule is COc1cc(N)c(C=O)cc1Br.COc1nc2[nH]c(=O)ncc2cc1Br.NC(N)=O. The molecule has 3 aromatic rings. The number of primary amides is 2. The van der Waals surface area contributed by atoms with Crippen LogP contribution in [0.4, 0.5) is 10.5 Å². The van der Waals surface area contributed by atoms with E-state index in [1.807, 2.05) is 0 Å². The molecule has 160 valence electrons. The standard InChI is InChI=1S/C8H6BrN3O2.C8H8BrNO2.CH4N2O/c1-14-7-5(9)2-4-3-10-8(13)12-6(4)11-7;1-12-8-3-7(10)5(4-11)2-6(8)9;2-1(3)4/h2-3H,1H3,(H,10,11,12,13);2-4H,10H2,1H3;(H4,2,3,4). The quantitative estimate of drug-likeness (QED) is 0.283. The van der Waals surface area contributed by atoms with Crippen molar-refractivity contribution in [2.75, 3.05) is 20.0 Å². The maximum absolute atomic E-state index is 10.9. The molecular weight excluding hydrogens is 528 g/mol. The summed E-state index contributed by atoms with van der Waals surface area (Å²) in [5.41, 5.74) is 15.0. The number of carbonyl (C=O) groups excluding carboxylic acids is 2. The number of aromatic nitrogens is 3. The Kier molecular flexibility index (Phi) is 9.71. The molecule has 3 rings (SSSR count). The summed E-state index contributed by atoms with van der Waals surface area (Å²) in [5.74, 6) is 1.05. The van der Waals surface area contributed by atoms with E-state index in [9.17, 15) is 9.59 Å². The van der Waals surface area contributed by atoms with Crippen LogP contribution in [0.15, 0.2) is 38.1 Å². The van der Waals surface area contributed by atoms with Crippen LogP contribution in [0.2, 0.25) is 0 Å². The summed E-state index contributed by atoms with van der Waals surface area (Å²) in [4.78, 5) is 40.5. The maximum atomic E-state index is 10.9. The number of halogens is 2. The molecule has 0 fully saturated rings. The van der Waals surface area contributed by atoms with Gasteiger partial charge in [0.15, 0.2) is 6.29 Å². The largest absolute Gasteiger partial charge is 0.495 e. The van der Waals surface area contributed by atoms with Crippen molar-refractivity contribution in [1.29, 1.82) is 0 Å². The van der Waals surface area contributed by atoms with Crippen LogP contribution in [0, 0.1) is 0 Å². The molecule has 2 heterocycles. The second kappa shape index (κ2) is 11.7. The fourth-order valence-electron chi connectivity index (χ4n) is 1.93. The van der Waals surface area contributed by atoms with E-state index in [0.717, 1.165) is 14.3 Å². The maximum Gasteiger partial charge on any atom is 0.346 e. The second-order valence-electron chi connectivity index (χ2n) is 5.24. The van der Waals surface area contributed by atoms with Crippen LogP contribution in [-0.2, 0) is 0 Å². The number of aldehydes is 1. The number of benzene rings is 1. The van der Waals surface area contributed by atoms with Crippen LogP contribution in [0.5, 0.6) is 11.6 Å². The van der Waals surface area contributed by atoms with Gasteiger partial charge in [-0.1, -0.05) is 0 Å². The minimum Gasteiger partial charge on any atom is -0.495 e. The third kappa shape index (κ3) is 7.33. The number of ether oxygens (including phenoxy) is 2. The lowest BCUT2D eigenvalue weighted by molar-refractivity contribution is 0.112. The van der Waals surface area contributed by atoms with E-state index in [1.165, 1.54) is 13.3 Å². The van der Waals surface area contributed by atoms with Crippen LogP contribution in [0.3, 0.4) is 0 Å². The summed E-state index contributed by atoms with van der Waals surface area (Å²) < 4.78 is 11.4. The summed E-state index contributed by atoms with van der Waals surface area (Å²) in [7, 11) is 3.05. The number of fused-ring (bicyclic) bond motifs is 1. The van der Waals surface area contributed by atoms with Crippen molar-refractivity contribution in [3.8, 4) is 11.6 Å². The Hall–Kier alpha value is -3.19. The van der Waals surface area contributed by atoms with Gasteiger partial charge in [-0.25, -0.2) is 14.6 Å². The van der Waals surface area contributed by atoms with Crippen LogP contribution in [0.1, 0.15) is 10.4 Å². The zero-order valence-corrected chi connectivity index (χ0v) is 19.0. The summed E-state index contributed by atoms with van der Waals surface area (Å²) in [6.45, 7) is 0. The van der Waals surface area contributed by atoms with Gasteiger partial charge >= 0.3 is 11.7 Å². The third-order valence-electron chi connectivity index (χ3n) is 3.20. The highest BCUT2D eigenvalue weighted by Gasteiger charge is 2.06. The minimum absolute atomic E-state index is 0.421. The fraction of sp³-hybridized carbons (Fsp3) is 0.118. The number of rotatable bonds is 3. The molecule has 0 spiro atoms. The molecule has 1 aromatic carbocycles. The first-order chi connectivity index (χ1) is 14.1. The van der Waals surface area contributed by atoms with Crippen LogP contribution in [-0.4, -0.2) is 41.5 Å². The Morgan fingerprint density at radius 3 is 2.30 bits per heavy atom. The normalized spacial score (nSPS) is 9.47. The monoisotopic (exact) mass is 544 g/mol. The molecule has 0 atom stereocenters. The zero-order chi connectivity index (χ0) is 22.8. The van der Waals surface area contributed by atoms with E-state index in [4.69, 9.17) is 20.0 Å². The Labute approximate surface area is 187 Å². The van der Waals surface area contributed by atoms with Gasteiger partial charge in [0.2, 0.25) is 5.88 Å². The number of anilines is 1. The molecule has 13 heteroatoms. The fourth-order valence-corrected chi connectivity index (χ4v) is 2.95. The molecule has 30 heavy (non-hydrogen) atoms. The number of aromatic amines is 1. The lowest BCUT2D eigenvalue weighted by atomic mass is 10.2. The van der Waals surface area contributed by atoms with E-state index in [2.05, 4.69) is 58.3 Å². The van der Waals surface area contributed by atoms with E-state index in [0.29, 0.717) is 34.8 Å². The average molecular weight is 546 g/mol. The summed E-state index contributed by atoms with van der Waals surface area (Å²) >= 11 is 6.53.